The normalized spacial score (nSPS) is 13.9. The van der Waals surface area contributed by atoms with E-state index in [1.807, 2.05) is 27.7 Å². The Labute approximate surface area is 204 Å². The lowest BCUT2D eigenvalue weighted by molar-refractivity contribution is -0.117. The van der Waals surface area contributed by atoms with E-state index in [2.05, 4.69) is 4.36 Å². The van der Waals surface area contributed by atoms with Crippen molar-refractivity contribution in [3.05, 3.63) is 51.1 Å². The maximum Gasteiger partial charge on any atom is 0.263 e. The molecular formula is C22H31F3N2O3S3. The number of halogens is 3. The molecule has 1 unspecified atom stereocenters. The van der Waals surface area contributed by atoms with Crippen LogP contribution in [0.2, 0.25) is 0 Å². The van der Waals surface area contributed by atoms with Gasteiger partial charge in [-0.25, -0.2) is 22.5 Å². The van der Waals surface area contributed by atoms with Crippen LogP contribution in [0.4, 0.5) is 13.2 Å². The average molecular weight is 525 g/mol. The Hall–Kier alpha value is -1.40. The van der Waals surface area contributed by atoms with E-state index < -0.39 is 37.9 Å². The number of hydrogen-bond acceptors (Lipinski definition) is 4. The van der Waals surface area contributed by atoms with Gasteiger partial charge in [-0.15, -0.1) is 15.7 Å². The van der Waals surface area contributed by atoms with E-state index in [4.69, 9.17) is 5.14 Å². The minimum atomic E-state index is -3.90. The maximum absolute atomic E-state index is 14.4. The van der Waals surface area contributed by atoms with Crippen LogP contribution in [0.1, 0.15) is 86.9 Å². The van der Waals surface area contributed by atoms with E-state index in [0.29, 0.717) is 28.0 Å². The molecule has 1 amide bonds. The molecule has 186 valence electrons. The number of carbonyl (C=O) groups excluding carboxylic acids is 1. The Balaban J connectivity index is 0.00000544. The van der Waals surface area contributed by atoms with Crippen molar-refractivity contribution < 1.29 is 27.3 Å². The molecule has 3 N–H and O–H groups in total. The number of amides is 1. The summed E-state index contributed by atoms with van der Waals surface area (Å²) < 4.78 is 57.2. The monoisotopic (exact) mass is 524 g/mol. The summed E-state index contributed by atoms with van der Waals surface area (Å²) in [6, 6.07) is 3.76. The predicted octanol–water partition coefficient (Wildman–Crippen LogP) is 5.88. The van der Waals surface area contributed by atoms with Crippen molar-refractivity contribution in [3.63, 3.8) is 0 Å². The summed E-state index contributed by atoms with van der Waals surface area (Å²) >= 11 is 0.688. The summed E-state index contributed by atoms with van der Waals surface area (Å²) in [6.07, 6.45) is -2.96. The zero-order valence-corrected chi connectivity index (χ0v) is 22.0. The molecule has 2 aromatic rings. The van der Waals surface area contributed by atoms with Crippen LogP contribution in [0.5, 0.6) is 0 Å². The van der Waals surface area contributed by atoms with Crippen LogP contribution in [0, 0.1) is 5.82 Å². The van der Waals surface area contributed by atoms with Crippen LogP contribution in [0.3, 0.4) is 0 Å². The smallest absolute Gasteiger partial charge is 0.263 e. The molecule has 0 aliphatic carbocycles. The Morgan fingerprint density at radius 2 is 1.64 bits per heavy atom. The van der Waals surface area contributed by atoms with Gasteiger partial charge in [0.25, 0.3) is 12.3 Å². The highest BCUT2D eigenvalue weighted by molar-refractivity contribution is 7.93. The van der Waals surface area contributed by atoms with Gasteiger partial charge in [0.1, 0.15) is 0 Å². The summed E-state index contributed by atoms with van der Waals surface area (Å²) in [4.78, 5) is 12.9. The average Bonchev–Trinajstić information content (AvgIpc) is 3.03. The summed E-state index contributed by atoms with van der Waals surface area (Å²) in [6.45, 7) is 10.2. The molecule has 33 heavy (non-hydrogen) atoms. The second-order valence-corrected chi connectivity index (χ2v) is 11.9. The first-order valence-corrected chi connectivity index (χ1v) is 12.5. The molecule has 0 spiro atoms. The zero-order valence-electron chi connectivity index (χ0n) is 19.4. The van der Waals surface area contributed by atoms with Gasteiger partial charge in [-0.2, -0.15) is 13.5 Å². The predicted molar refractivity (Wildman–Crippen MR) is 131 cm³/mol. The molecule has 0 aliphatic heterocycles. The molecule has 2 rings (SSSR count). The van der Waals surface area contributed by atoms with Gasteiger partial charge in [0.05, 0.1) is 12.0 Å². The van der Waals surface area contributed by atoms with Crippen LogP contribution >= 0.6 is 24.8 Å². The lowest BCUT2D eigenvalue weighted by atomic mass is 9.85. The minimum Gasteiger partial charge on any atom is -0.385 e. The SMILES string of the molecule is CC(C)c1cc(C(F)F)cc(C(C)C)c1CC(=O)N=S(N)(=O)c1sc(C(C)(C)O)cc1F.S. The fourth-order valence-corrected chi connectivity index (χ4v) is 5.75. The minimum absolute atomic E-state index is 0. The van der Waals surface area contributed by atoms with Crippen molar-refractivity contribution in [2.24, 2.45) is 9.50 Å². The number of rotatable bonds is 7. The lowest BCUT2D eigenvalue weighted by Crippen LogP contribution is -2.17. The zero-order chi connectivity index (χ0) is 24.6. The molecule has 1 aromatic heterocycles. The van der Waals surface area contributed by atoms with Crippen molar-refractivity contribution in [3.8, 4) is 0 Å². The largest absolute Gasteiger partial charge is 0.385 e. The third-order valence-corrected chi connectivity index (χ3v) is 8.31. The lowest BCUT2D eigenvalue weighted by Gasteiger charge is -2.21. The summed E-state index contributed by atoms with van der Waals surface area (Å²) in [7, 11) is -3.90. The molecule has 0 bridgehead atoms. The van der Waals surface area contributed by atoms with Gasteiger partial charge in [-0.1, -0.05) is 27.7 Å². The van der Waals surface area contributed by atoms with Gasteiger partial charge >= 0.3 is 0 Å². The Morgan fingerprint density at radius 1 is 1.15 bits per heavy atom. The fourth-order valence-electron chi connectivity index (χ4n) is 3.33. The van der Waals surface area contributed by atoms with Crippen LogP contribution in [-0.4, -0.2) is 15.2 Å². The van der Waals surface area contributed by atoms with Gasteiger partial charge in [0.2, 0.25) is 0 Å². The number of nitrogens with two attached hydrogens (primary N) is 1. The molecule has 0 radical (unpaired) electrons. The van der Waals surface area contributed by atoms with Crippen LogP contribution in [0.25, 0.3) is 0 Å². The van der Waals surface area contributed by atoms with Crippen molar-refractivity contribution in [1.29, 1.82) is 0 Å². The molecule has 0 saturated carbocycles. The summed E-state index contributed by atoms with van der Waals surface area (Å²) in [5.74, 6) is -2.06. The maximum atomic E-state index is 14.4. The highest BCUT2D eigenvalue weighted by Crippen LogP contribution is 2.35. The number of alkyl halides is 2. The third kappa shape index (κ3) is 7.05. The number of benzene rings is 1. The Bertz CT molecular complexity index is 1100. The third-order valence-electron chi connectivity index (χ3n) is 4.93. The first-order valence-electron chi connectivity index (χ1n) is 10.1. The van der Waals surface area contributed by atoms with E-state index >= 15 is 0 Å². The highest BCUT2D eigenvalue weighted by atomic mass is 32.2. The molecule has 0 fully saturated rings. The van der Waals surface area contributed by atoms with Gasteiger partial charge in [-0.3, -0.25) is 4.79 Å². The second-order valence-electron chi connectivity index (χ2n) is 8.82. The van der Waals surface area contributed by atoms with Gasteiger partial charge < -0.3 is 5.11 Å². The summed E-state index contributed by atoms with van der Waals surface area (Å²) in [5, 5.41) is 15.8. The van der Waals surface area contributed by atoms with Crippen LogP contribution in [-0.2, 0) is 26.7 Å². The van der Waals surface area contributed by atoms with Crippen molar-refractivity contribution in [1.82, 2.24) is 0 Å². The molecule has 1 heterocycles. The van der Waals surface area contributed by atoms with E-state index in [9.17, 15) is 27.3 Å². The summed E-state index contributed by atoms with van der Waals surface area (Å²) in [5.41, 5.74) is 0.171. The number of hydrogen-bond donors (Lipinski definition) is 2. The van der Waals surface area contributed by atoms with Crippen molar-refractivity contribution >= 4 is 40.7 Å². The Morgan fingerprint density at radius 3 is 2.00 bits per heavy atom. The van der Waals surface area contributed by atoms with Crippen molar-refractivity contribution in [2.45, 2.75) is 76.0 Å². The molecular weight excluding hydrogens is 493 g/mol. The molecule has 1 aromatic carbocycles. The van der Waals surface area contributed by atoms with Gasteiger partial charge in [0.15, 0.2) is 19.9 Å². The van der Waals surface area contributed by atoms with E-state index in [-0.39, 0.29) is 42.2 Å². The van der Waals surface area contributed by atoms with E-state index in [0.717, 1.165) is 6.07 Å². The van der Waals surface area contributed by atoms with Crippen LogP contribution in [0.15, 0.2) is 26.8 Å². The quantitative estimate of drug-likeness (QED) is 0.474. The molecule has 0 aliphatic rings. The molecule has 0 saturated heterocycles. The van der Waals surface area contributed by atoms with E-state index in [1.165, 1.54) is 26.0 Å². The molecule has 1 atom stereocenters. The molecule has 11 heteroatoms. The number of nitrogens with zero attached hydrogens (tertiary/aromatic N) is 1. The standard InChI is InChI=1S/C22H29F3N2O3S2.H2S/c1-11(2)14-7-13(20(24)25)8-15(12(3)4)16(14)9-19(28)27-32(26,30)21-17(23)10-18(31-21)22(5,6)29;/h7-8,10-12,20,29H,9H2,1-6H3,(H2,26,27,28,30);1H2. The number of carbonyl (C=O) groups is 1. The van der Waals surface area contributed by atoms with Crippen molar-refractivity contribution in [2.75, 3.05) is 0 Å². The van der Waals surface area contributed by atoms with E-state index in [1.54, 1.807) is 0 Å². The fraction of sp³-hybridized carbons (Fsp3) is 0.500. The first-order chi connectivity index (χ1) is 14.5. The first kappa shape index (κ1) is 29.6. The number of aliphatic hydroxyl groups is 1. The highest BCUT2D eigenvalue weighted by Gasteiger charge is 2.27. The second kappa shape index (κ2) is 10.9. The Kier molecular flexibility index (Phi) is 9.79. The van der Waals surface area contributed by atoms with Gasteiger partial charge in [0, 0.05) is 10.4 Å². The molecule has 5 nitrogen and oxygen atoms in total. The number of thiophene rings is 1. The topological polar surface area (TPSA) is 92.8 Å². The van der Waals surface area contributed by atoms with Gasteiger partial charge in [-0.05, 0) is 60.6 Å². The van der Waals surface area contributed by atoms with Crippen LogP contribution < -0.4 is 5.14 Å².